The topological polar surface area (TPSA) is 60.9 Å². The largest absolute Gasteiger partial charge is 0.480 e. The highest BCUT2D eigenvalue weighted by Gasteiger charge is 2.48. The summed E-state index contributed by atoms with van der Waals surface area (Å²) in [5.74, 6) is -0.528. The van der Waals surface area contributed by atoms with Crippen molar-refractivity contribution in [2.45, 2.75) is 50.7 Å². The molecule has 1 aliphatic carbocycles. The maximum Gasteiger partial charge on any atom is 0.326 e. The normalized spacial score (nSPS) is 26.7. The van der Waals surface area contributed by atoms with Crippen LogP contribution in [0.25, 0.3) is 0 Å². The molecule has 3 rings (SSSR count). The average molecular weight is 316 g/mol. The van der Waals surface area contributed by atoms with Crippen molar-refractivity contribution >= 4 is 12.0 Å². The van der Waals surface area contributed by atoms with Crippen LogP contribution in [0, 0.1) is 5.92 Å². The van der Waals surface area contributed by atoms with E-state index in [0.717, 1.165) is 31.2 Å². The quantitative estimate of drug-likeness (QED) is 0.932. The van der Waals surface area contributed by atoms with E-state index >= 15 is 0 Å². The van der Waals surface area contributed by atoms with Crippen LogP contribution < -0.4 is 0 Å². The Hall–Kier alpha value is -2.04. The second-order valence-corrected chi connectivity index (χ2v) is 6.73. The highest BCUT2D eigenvalue weighted by molar-refractivity contribution is 5.83. The van der Waals surface area contributed by atoms with Gasteiger partial charge in [-0.15, -0.1) is 0 Å². The monoisotopic (exact) mass is 316 g/mol. The molecule has 2 amide bonds. The summed E-state index contributed by atoms with van der Waals surface area (Å²) < 4.78 is 0. The molecule has 1 aromatic rings. The molecule has 1 N–H and O–H groups in total. The van der Waals surface area contributed by atoms with E-state index in [9.17, 15) is 14.7 Å². The Morgan fingerprint density at radius 3 is 2.61 bits per heavy atom. The molecule has 2 aliphatic rings. The van der Waals surface area contributed by atoms with Crippen LogP contribution in [0.15, 0.2) is 30.3 Å². The first-order valence-electron chi connectivity index (χ1n) is 8.38. The minimum absolute atomic E-state index is 0.0931. The molecule has 0 spiro atoms. The van der Waals surface area contributed by atoms with Gasteiger partial charge < -0.3 is 14.9 Å². The Balaban J connectivity index is 1.76. The average Bonchev–Trinajstić information content (AvgIpc) is 2.94. The first-order valence-corrected chi connectivity index (χ1v) is 8.38. The zero-order valence-corrected chi connectivity index (χ0v) is 13.5. The molecular formula is C18H24N2O3. The SMILES string of the molecule is CN(Cc1ccccc1)C(=O)N1C(C(=O)O)CC2CCCCC21. The maximum absolute atomic E-state index is 12.9. The van der Waals surface area contributed by atoms with E-state index < -0.39 is 12.0 Å². The van der Waals surface area contributed by atoms with Gasteiger partial charge in [0.05, 0.1) is 0 Å². The minimum atomic E-state index is -0.874. The molecule has 1 aliphatic heterocycles. The summed E-state index contributed by atoms with van der Waals surface area (Å²) in [4.78, 5) is 27.8. The van der Waals surface area contributed by atoms with Crippen molar-refractivity contribution in [2.24, 2.45) is 5.92 Å². The lowest BCUT2D eigenvalue weighted by Gasteiger charge is -2.35. The lowest BCUT2D eigenvalue weighted by Crippen LogP contribution is -2.50. The standard InChI is InChI=1S/C18H24N2O3/c1-19(12-13-7-3-2-4-8-13)18(23)20-15-10-6-5-9-14(15)11-16(20)17(21)22/h2-4,7-8,14-16H,5-6,9-12H2,1H3,(H,21,22). The molecule has 1 aromatic carbocycles. The molecule has 124 valence electrons. The summed E-state index contributed by atoms with van der Waals surface area (Å²) in [6, 6.07) is 9.05. The van der Waals surface area contributed by atoms with Crippen LogP contribution in [-0.4, -0.2) is 46.0 Å². The van der Waals surface area contributed by atoms with E-state index in [1.165, 1.54) is 0 Å². The van der Waals surface area contributed by atoms with Gasteiger partial charge >= 0.3 is 12.0 Å². The summed E-state index contributed by atoms with van der Waals surface area (Å²) in [7, 11) is 1.75. The van der Waals surface area contributed by atoms with Crippen molar-refractivity contribution in [1.82, 2.24) is 9.80 Å². The third-order valence-corrected chi connectivity index (χ3v) is 5.18. The number of aliphatic carboxylic acids is 1. The fourth-order valence-corrected chi connectivity index (χ4v) is 4.08. The van der Waals surface area contributed by atoms with Crippen molar-refractivity contribution in [3.05, 3.63) is 35.9 Å². The van der Waals surface area contributed by atoms with Crippen LogP contribution in [0.2, 0.25) is 0 Å². The lowest BCUT2D eigenvalue weighted by atomic mass is 9.85. The zero-order valence-electron chi connectivity index (χ0n) is 13.5. The van der Waals surface area contributed by atoms with E-state index in [2.05, 4.69) is 0 Å². The van der Waals surface area contributed by atoms with Crippen LogP contribution in [-0.2, 0) is 11.3 Å². The van der Waals surface area contributed by atoms with Crippen molar-refractivity contribution in [2.75, 3.05) is 7.05 Å². The summed E-state index contributed by atoms with van der Waals surface area (Å²) in [5, 5.41) is 9.54. The van der Waals surface area contributed by atoms with Gasteiger partial charge in [-0.05, 0) is 30.7 Å². The Morgan fingerprint density at radius 2 is 1.91 bits per heavy atom. The highest BCUT2D eigenvalue weighted by atomic mass is 16.4. The second-order valence-electron chi connectivity index (χ2n) is 6.73. The van der Waals surface area contributed by atoms with E-state index in [0.29, 0.717) is 18.9 Å². The first kappa shape index (κ1) is 15.8. The summed E-state index contributed by atoms with van der Waals surface area (Å²) >= 11 is 0. The lowest BCUT2D eigenvalue weighted by molar-refractivity contribution is -0.141. The maximum atomic E-state index is 12.9. The highest BCUT2D eigenvalue weighted by Crippen LogP contribution is 2.40. The minimum Gasteiger partial charge on any atom is -0.480 e. The van der Waals surface area contributed by atoms with Gasteiger partial charge in [0.2, 0.25) is 0 Å². The molecule has 1 saturated heterocycles. The van der Waals surface area contributed by atoms with Gasteiger partial charge in [-0.3, -0.25) is 0 Å². The number of carboxylic acid groups (broad SMARTS) is 1. The zero-order chi connectivity index (χ0) is 16.4. The number of rotatable bonds is 3. The predicted molar refractivity (Wildman–Crippen MR) is 86.9 cm³/mol. The van der Waals surface area contributed by atoms with Crippen molar-refractivity contribution in [3.63, 3.8) is 0 Å². The van der Waals surface area contributed by atoms with Gasteiger partial charge in [0.15, 0.2) is 0 Å². The van der Waals surface area contributed by atoms with Crippen LogP contribution in [0.1, 0.15) is 37.7 Å². The van der Waals surface area contributed by atoms with E-state index in [1.807, 2.05) is 30.3 Å². The third-order valence-electron chi connectivity index (χ3n) is 5.18. The Kier molecular flexibility index (Phi) is 4.55. The third kappa shape index (κ3) is 3.19. The van der Waals surface area contributed by atoms with E-state index in [-0.39, 0.29) is 12.1 Å². The molecule has 0 bridgehead atoms. The predicted octanol–water partition coefficient (Wildman–Crippen LogP) is 2.96. The van der Waals surface area contributed by atoms with E-state index in [1.54, 1.807) is 16.8 Å². The number of hydrogen-bond donors (Lipinski definition) is 1. The number of amides is 2. The molecule has 23 heavy (non-hydrogen) atoms. The number of carboxylic acids is 1. The number of fused-ring (bicyclic) bond motifs is 1. The number of benzene rings is 1. The number of urea groups is 1. The Labute approximate surface area is 136 Å². The van der Waals surface area contributed by atoms with Crippen molar-refractivity contribution in [1.29, 1.82) is 0 Å². The Bertz CT molecular complexity index is 575. The van der Waals surface area contributed by atoms with Crippen LogP contribution in [0.5, 0.6) is 0 Å². The Morgan fingerprint density at radius 1 is 1.22 bits per heavy atom. The molecule has 0 radical (unpaired) electrons. The van der Waals surface area contributed by atoms with Crippen LogP contribution >= 0.6 is 0 Å². The first-order chi connectivity index (χ1) is 11.1. The van der Waals surface area contributed by atoms with Gasteiger partial charge in [0.1, 0.15) is 6.04 Å². The van der Waals surface area contributed by atoms with Crippen LogP contribution in [0.4, 0.5) is 4.79 Å². The van der Waals surface area contributed by atoms with Crippen LogP contribution in [0.3, 0.4) is 0 Å². The van der Waals surface area contributed by atoms with Gasteiger partial charge in [-0.2, -0.15) is 0 Å². The molecule has 5 nitrogen and oxygen atoms in total. The number of likely N-dealkylation sites (tertiary alicyclic amines) is 1. The molecule has 2 fully saturated rings. The van der Waals surface area contributed by atoms with Gasteiger partial charge in [-0.1, -0.05) is 43.2 Å². The van der Waals surface area contributed by atoms with Gasteiger partial charge in [0, 0.05) is 19.6 Å². The number of hydrogen-bond acceptors (Lipinski definition) is 2. The molecule has 5 heteroatoms. The smallest absolute Gasteiger partial charge is 0.326 e. The summed E-state index contributed by atoms with van der Waals surface area (Å²) in [6.45, 7) is 0.500. The van der Waals surface area contributed by atoms with Gasteiger partial charge in [-0.25, -0.2) is 9.59 Å². The number of carbonyl (C=O) groups excluding carboxylic acids is 1. The summed E-state index contributed by atoms with van der Waals surface area (Å²) in [6.07, 6.45) is 4.81. The molecule has 3 unspecified atom stereocenters. The van der Waals surface area contributed by atoms with Crippen molar-refractivity contribution < 1.29 is 14.7 Å². The van der Waals surface area contributed by atoms with Gasteiger partial charge in [0.25, 0.3) is 0 Å². The fourth-order valence-electron chi connectivity index (χ4n) is 4.08. The number of nitrogens with zero attached hydrogens (tertiary/aromatic N) is 2. The molecule has 3 atom stereocenters. The van der Waals surface area contributed by atoms with E-state index in [4.69, 9.17) is 0 Å². The molecule has 1 saturated carbocycles. The summed E-state index contributed by atoms with van der Waals surface area (Å²) in [5.41, 5.74) is 1.05. The fraction of sp³-hybridized carbons (Fsp3) is 0.556. The molecule has 0 aromatic heterocycles. The van der Waals surface area contributed by atoms with Crippen molar-refractivity contribution in [3.8, 4) is 0 Å². The second kappa shape index (κ2) is 6.60. The molecular weight excluding hydrogens is 292 g/mol. The molecule has 1 heterocycles. The number of carbonyl (C=O) groups is 2.